The fourth-order valence-corrected chi connectivity index (χ4v) is 3.63. The smallest absolute Gasteiger partial charge is 0.407 e. The van der Waals surface area contributed by atoms with Crippen LogP contribution in [0.4, 0.5) is 9.59 Å². The van der Waals surface area contributed by atoms with Gasteiger partial charge in [-0.15, -0.1) is 0 Å². The van der Waals surface area contributed by atoms with Gasteiger partial charge in [-0.3, -0.25) is 4.79 Å². The lowest BCUT2D eigenvalue weighted by molar-refractivity contribution is -0.138. The summed E-state index contributed by atoms with van der Waals surface area (Å²) in [5.74, 6) is -0.881. The maximum absolute atomic E-state index is 11.7. The molecular formula is C35H69N3O17. The number of hydrogen-bond acceptors (Lipinski definition) is 16. The Morgan fingerprint density at radius 1 is 0.382 bits per heavy atom. The predicted octanol–water partition coefficient (Wildman–Crippen LogP) is 0.484. The third kappa shape index (κ3) is 47.6. The Hall–Kier alpha value is -2.47. The highest BCUT2D eigenvalue weighted by molar-refractivity contribution is 5.74. The van der Waals surface area contributed by atoms with E-state index in [2.05, 4.69) is 16.0 Å². The van der Waals surface area contributed by atoms with Crippen molar-refractivity contribution in [2.75, 3.05) is 178 Å². The maximum atomic E-state index is 11.7. The van der Waals surface area contributed by atoms with E-state index in [-0.39, 0.29) is 32.1 Å². The standard InChI is InChI=1S/C35H69N3O17/c1-35(2,3)55-34(42)38-6-5-36-33(41)37-7-9-44-11-13-46-15-17-48-19-21-50-23-25-52-27-29-54-31-30-53-28-26-51-24-22-49-20-18-47-16-14-45-12-10-43-8-4-32(39)40/h4-31H2,1-3H3,(H,38,42)(H,39,40)(H2,36,37,41). The zero-order valence-corrected chi connectivity index (χ0v) is 33.3. The summed E-state index contributed by atoms with van der Waals surface area (Å²) in [4.78, 5) is 33.6. The highest BCUT2D eigenvalue weighted by atomic mass is 16.6. The number of nitrogens with one attached hydrogen (secondary N) is 3. The average Bonchev–Trinajstić information content (AvgIpc) is 3.13. The Morgan fingerprint density at radius 2 is 0.636 bits per heavy atom. The minimum absolute atomic E-state index is 0.00986. The molecule has 0 aliphatic heterocycles. The largest absolute Gasteiger partial charge is 0.481 e. The Morgan fingerprint density at radius 3 is 0.927 bits per heavy atom. The number of alkyl carbamates (subject to hydrolysis) is 1. The molecule has 0 atom stereocenters. The van der Waals surface area contributed by atoms with Crippen molar-refractivity contribution in [3.63, 3.8) is 0 Å². The summed E-state index contributed by atoms with van der Waals surface area (Å²) in [6.45, 7) is 16.6. The number of rotatable bonds is 42. The summed E-state index contributed by atoms with van der Waals surface area (Å²) in [6, 6.07) is -0.348. The molecule has 55 heavy (non-hydrogen) atoms. The van der Waals surface area contributed by atoms with Crippen molar-refractivity contribution in [2.45, 2.75) is 32.8 Å². The maximum Gasteiger partial charge on any atom is 0.407 e. The van der Waals surface area contributed by atoms with Gasteiger partial charge in [0.1, 0.15) is 5.60 Å². The molecule has 20 heteroatoms. The van der Waals surface area contributed by atoms with E-state index in [0.717, 1.165) is 0 Å². The summed E-state index contributed by atoms with van der Waals surface area (Å²) < 4.78 is 70.0. The van der Waals surface area contributed by atoms with Crippen LogP contribution in [0.2, 0.25) is 0 Å². The van der Waals surface area contributed by atoms with Crippen LogP contribution >= 0.6 is 0 Å². The fourth-order valence-electron chi connectivity index (χ4n) is 3.63. The molecule has 0 heterocycles. The number of carboxylic acid groups (broad SMARTS) is 1. The van der Waals surface area contributed by atoms with E-state index < -0.39 is 17.7 Å². The van der Waals surface area contributed by atoms with Crippen molar-refractivity contribution >= 4 is 18.1 Å². The summed E-state index contributed by atoms with van der Waals surface area (Å²) in [5.41, 5.74) is -0.569. The first kappa shape index (κ1) is 52.5. The second-order valence-electron chi connectivity index (χ2n) is 12.1. The summed E-state index contributed by atoms with van der Waals surface area (Å²) >= 11 is 0. The van der Waals surface area contributed by atoms with Crippen molar-refractivity contribution in [1.82, 2.24) is 16.0 Å². The van der Waals surface area contributed by atoms with Crippen molar-refractivity contribution in [3.8, 4) is 0 Å². The molecule has 0 aromatic heterocycles. The lowest BCUT2D eigenvalue weighted by Gasteiger charge is -2.19. The third-order valence-electron chi connectivity index (χ3n) is 6.16. The van der Waals surface area contributed by atoms with Crippen molar-refractivity contribution in [2.24, 2.45) is 0 Å². The van der Waals surface area contributed by atoms with Gasteiger partial charge in [-0.05, 0) is 20.8 Å². The second kappa shape index (κ2) is 41.2. The number of amides is 3. The highest BCUT2D eigenvalue weighted by Gasteiger charge is 2.15. The molecule has 0 aliphatic carbocycles. The molecule has 0 bridgehead atoms. The van der Waals surface area contributed by atoms with Crippen molar-refractivity contribution in [3.05, 3.63) is 0 Å². The molecule has 0 spiro atoms. The lowest BCUT2D eigenvalue weighted by atomic mass is 10.2. The van der Waals surface area contributed by atoms with Gasteiger partial charge in [-0.2, -0.15) is 0 Å². The van der Waals surface area contributed by atoms with Crippen LogP contribution in [0.5, 0.6) is 0 Å². The monoisotopic (exact) mass is 803 g/mol. The number of urea groups is 1. The van der Waals surface area contributed by atoms with E-state index in [1.165, 1.54) is 0 Å². The van der Waals surface area contributed by atoms with Gasteiger partial charge in [0.15, 0.2) is 0 Å². The van der Waals surface area contributed by atoms with Gasteiger partial charge in [0.25, 0.3) is 0 Å². The van der Waals surface area contributed by atoms with Crippen LogP contribution in [0.1, 0.15) is 27.2 Å². The molecule has 20 nitrogen and oxygen atoms in total. The summed E-state index contributed by atoms with van der Waals surface area (Å²) in [7, 11) is 0. The molecule has 0 aromatic rings. The summed E-state index contributed by atoms with van der Waals surface area (Å²) in [5, 5.41) is 16.3. The number of carbonyl (C=O) groups excluding carboxylic acids is 2. The molecular weight excluding hydrogens is 734 g/mol. The van der Waals surface area contributed by atoms with Crippen molar-refractivity contribution in [1.29, 1.82) is 0 Å². The van der Waals surface area contributed by atoms with Crippen LogP contribution in [0.3, 0.4) is 0 Å². The fraction of sp³-hybridized carbons (Fsp3) is 0.914. The zero-order chi connectivity index (χ0) is 40.3. The summed E-state index contributed by atoms with van der Waals surface area (Å²) in [6.07, 6.45) is -0.538. The van der Waals surface area contributed by atoms with Gasteiger partial charge in [-0.25, -0.2) is 9.59 Å². The van der Waals surface area contributed by atoms with Crippen LogP contribution < -0.4 is 16.0 Å². The van der Waals surface area contributed by atoms with Crippen LogP contribution in [-0.2, 0) is 66.4 Å². The third-order valence-corrected chi connectivity index (χ3v) is 6.16. The minimum atomic E-state index is -0.881. The van der Waals surface area contributed by atoms with Crippen LogP contribution in [-0.4, -0.2) is 207 Å². The van der Waals surface area contributed by atoms with Gasteiger partial charge in [0, 0.05) is 19.6 Å². The minimum Gasteiger partial charge on any atom is -0.481 e. The average molecular weight is 804 g/mol. The normalized spacial score (nSPS) is 11.5. The van der Waals surface area contributed by atoms with E-state index in [0.29, 0.717) is 159 Å². The van der Waals surface area contributed by atoms with Gasteiger partial charge in [0.05, 0.1) is 165 Å². The molecule has 0 saturated heterocycles. The molecule has 3 amide bonds. The first-order valence-corrected chi connectivity index (χ1v) is 18.8. The van der Waals surface area contributed by atoms with Gasteiger partial charge < -0.3 is 82.6 Å². The van der Waals surface area contributed by atoms with E-state index >= 15 is 0 Å². The number of carbonyl (C=O) groups is 3. The molecule has 0 rings (SSSR count). The van der Waals surface area contributed by atoms with Crippen LogP contribution in [0.15, 0.2) is 0 Å². The van der Waals surface area contributed by atoms with E-state index in [9.17, 15) is 14.4 Å². The zero-order valence-electron chi connectivity index (χ0n) is 33.3. The molecule has 0 aromatic carbocycles. The SMILES string of the molecule is CC(C)(C)OC(=O)NCCNC(=O)NCCOCCOCCOCCOCCOCCOCCOCCOCCOCCOCCOCCOCCC(=O)O. The second-order valence-corrected chi connectivity index (χ2v) is 12.1. The van der Waals surface area contributed by atoms with Crippen molar-refractivity contribution < 1.29 is 81.1 Å². The Kier molecular flexibility index (Phi) is 39.3. The highest BCUT2D eigenvalue weighted by Crippen LogP contribution is 2.06. The number of carboxylic acids is 1. The first-order valence-electron chi connectivity index (χ1n) is 18.8. The molecule has 326 valence electrons. The van der Waals surface area contributed by atoms with Gasteiger partial charge >= 0.3 is 18.1 Å². The quantitative estimate of drug-likeness (QED) is 0.0616. The van der Waals surface area contributed by atoms with Gasteiger partial charge in [-0.1, -0.05) is 0 Å². The molecule has 0 saturated carbocycles. The Labute approximate surface area is 326 Å². The predicted molar refractivity (Wildman–Crippen MR) is 198 cm³/mol. The Balaban J connectivity index is 3.15. The number of hydrogen-bond donors (Lipinski definition) is 4. The molecule has 4 N–H and O–H groups in total. The Bertz CT molecular complexity index is 871. The topological polar surface area (TPSA) is 228 Å². The lowest BCUT2D eigenvalue weighted by Crippen LogP contribution is -2.42. The molecule has 0 fully saturated rings. The number of aliphatic carboxylic acids is 1. The van der Waals surface area contributed by atoms with Crippen LogP contribution in [0.25, 0.3) is 0 Å². The number of ether oxygens (including phenoxy) is 13. The van der Waals surface area contributed by atoms with E-state index in [4.69, 9.17) is 66.7 Å². The first-order chi connectivity index (χ1) is 26.7. The molecule has 0 aliphatic rings. The van der Waals surface area contributed by atoms with Crippen LogP contribution in [0, 0.1) is 0 Å². The molecule has 0 radical (unpaired) electrons. The van der Waals surface area contributed by atoms with E-state index in [1.54, 1.807) is 20.8 Å². The molecule has 0 unspecified atom stereocenters. The van der Waals surface area contributed by atoms with E-state index in [1.807, 2.05) is 0 Å². The van der Waals surface area contributed by atoms with Gasteiger partial charge in [0.2, 0.25) is 0 Å².